The molecule has 0 aliphatic heterocycles. The highest BCUT2D eigenvalue weighted by Crippen LogP contribution is 2.34. The molecule has 6 heteroatoms. The SMILES string of the molecule is O=C(CNCC1CC1)Nc1cc(Cl)c(O)c(Cl)c1. The highest BCUT2D eigenvalue weighted by Gasteiger charge is 2.20. The minimum Gasteiger partial charge on any atom is -0.505 e. The summed E-state index contributed by atoms with van der Waals surface area (Å²) in [5.41, 5.74) is 0.473. The van der Waals surface area contributed by atoms with Crippen LogP contribution in [0.25, 0.3) is 0 Å². The molecule has 98 valence electrons. The summed E-state index contributed by atoms with van der Waals surface area (Å²) in [4.78, 5) is 11.6. The zero-order valence-corrected chi connectivity index (χ0v) is 11.2. The molecule has 0 saturated heterocycles. The van der Waals surface area contributed by atoms with Gasteiger partial charge in [-0.05, 0) is 37.4 Å². The van der Waals surface area contributed by atoms with Gasteiger partial charge in [0.2, 0.25) is 5.91 Å². The standard InChI is InChI=1S/C12H14Cl2N2O2/c13-9-3-8(4-10(14)12(9)18)16-11(17)6-15-5-7-1-2-7/h3-4,7,15,18H,1-2,5-6H2,(H,16,17). The average Bonchev–Trinajstić information content (AvgIpc) is 3.09. The first-order chi connectivity index (χ1) is 8.56. The van der Waals surface area contributed by atoms with Gasteiger partial charge in [-0.2, -0.15) is 0 Å². The smallest absolute Gasteiger partial charge is 0.238 e. The fourth-order valence-corrected chi connectivity index (χ4v) is 2.04. The van der Waals surface area contributed by atoms with Crippen LogP contribution in [0.2, 0.25) is 10.0 Å². The van der Waals surface area contributed by atoms with Crippen LogP contribution in [-0.4, -0.2) is 24.1 Å². The van der Waals surface area contributed by atoms with Gasteiger partial charge in [-0.3, -0.25) is 4.79 Å². The molecule has 1 saturated carbocycles. The Morgan fingerprint density at radius 3 is 2.50 bits per heavy atom. The predicted molar refractivity (Wildman–Crippen MR) is 72.4 cm³/mol. The van der Waals surface area contributed by atoms with E-state index >= 15 is 0 Å². The van der Waals surface area contributed by atoms with E-state index in [2.05, 4.69) is 10.6 Å². The highest BCUT2D eigenvalue weighted by molar-refractivity contribution is 6.37. The number of carbonyl (C=O) groups excluding carboxylic acids is 1. The van der Waals surface area contributed by atoms with Gasteiger partial charge in [-0.15, -0.1) is 0 Å². The van der Waals surface area contributed by atoms with Crippen LogP contribution in [0.3, 0.4) is 0 Å². The van der Waals surface area contributed by atoms with Gasteiger partial charge in [0.15, 0.2) is 5.75 Å². The maximum atomic E-state index is 11.6. The maximum absolute atomic E-state index is 11.6. The number of amides is 1. The van der Waals surface area contributed by atoms with Crippen LogP contribution in [0, 0.1) is 5.92 Å². The third kappa shape index (κ3) is 3.77. The van der Waals surface area contributed by atoms with Crippen molar-refractivity contribution in [3.8, 4) is 5.75 Å². The van der Waals surface area contributed by atoms with Gasteiger partial charge in [-0.1, -0.05) is 23.2 Å². The Balaban J connectivity index is 1.85. The normalized spacial score (nSPS) is 14.6. The van der Waals surface area contributed by atoms with Crippen molar-refractivity contribution in [3.63, 3.8) is 0 Å². The first-order valence-corrected chi connectivity index (χ1v) is 6.50. The van der Waals surface area contributed by atoms with Gasteiger partial charge in [0.25, 0.3) is 0 Å². The predicted octanol–water partition coefficient (Wildman–Crippen LogP) is 2.64. The Morgan fingerprint density at radius 2 is 1.94 bits per heavy atom. The molecule has 0 radical (unpaired) electrons. The highest BCUT2D eigenvalue weighted by atomic mass is 35.5. The number of hydrogen-bond acceptors (Lipinski definition) is 3. The molecule has 0 bridgehead atoms. The van der Waals surface area contributed by atoms with E-state index in [1.54, 1.807) is 0 Å². The monoisotopic (exact) mass is 288 g/mol. The van der Waals surface area contributed by atoms with Crippen LogP contribution in [0.15, 0.2) is 12.1 Å². The molecule has 1 fully saturated rings. The summed E-state index contributed by atoms with van der Waals surface area (Å²) in [7, 11) is 0. The minimum absolute atomic E-state index is 0.115. The molecule has 1 aromatic rings. The fourth-order valence-electron chi connectivity index (χ4n) is 1.55. The molecule has 0 atom stereocenters. The molecule has 0 spiro atoms. The van der Waals surface area contributed by atoms with E-state index in [0.29, 0.717) is 5.69 Å². The molecule has 4 nitrogen and oxygen atoms in total. The molecule has 18 heavy (non-hydrogen) atoms. The van der Waals surface area contributed by atoms with Crippen molar-refractivity contribution >= 4 is 34.8 Å². The fraction of sp³-hybridized carbons (Fsp3) is 0.417. The second-order valence-corrected chi connectivity index (χ2v) is 5.23. The van der Waals surface area contributed by atoms with E-state index in [1.807, 2.05) is 0 Å². The van der Waals surface area contributed by atoms with E-state index < -0.39 is 0 Å². The van der Waals surface area contributed by atoms with Crippen molar-refractivity contribution < 1.29 is 9.90 Å². The Labute approximate surface area is 115 Å². The first-order valence-electron chi connectivity index (χ1n) is 5.75. The molecule has 1 aliphatic carbocycles. The first kappa shape index (κ1) is 13.5. The largest absolute Gasteiger partial charge is 0.505 e. The van der Waals surface area contributed by atoms with Crippen molar-refractivity contribution in [2.45, 2.75) is 12.8 Å². The van der Waals surface area contributed by atoms with Gasteiger partial charge in [0.05, 0.1) is 16.6 Å². The Kier molecular flexibility index (Phi) is 4.32. The van der Waals surface area contributed by atoms with Crippen molar-refractivity contribution in [2.24, 2.45) is 5.92 Å². The van der Waals surface area contributed by atoms with E-state index in [1.165, 1.54) is 25.0 Å². The topological polar surface area (TPSA) is 61.4 Å². The molecule has 0 heterocycles. The van der Waals surface area contributed by atoms with Crippen LogP contribution >= 0.6 is 23.2 Å². The zero-order chi connectivity index (χ0) is 13.1. The number of halogens is 2. The van der Waals surface area contributed by atoms with Gasteiger partial charge in [-0.25, -0.2) is 0 Å². The molecule has 0 aromatic heterocycles. The summed E-state index contributed by atoms with van der Waals surface area (Å²) in [6, 6.07) is 2.92. The molecule has 1 aliphatic rings. The summed E-state index contributed by atoms with van der Waals surface area (Å²) in [5, 5.41) is 15.4. The lowest BCUT2D eigenvalue weighted by Crippen LogP contribution is -2.29. The number of hydrogen-bond donors (Lipinski definition) is 3. The second-order valence-electron chi connectivity index (χ2n) is 4.41. The van der Waals surface area contributed by atoms with Gasteiger partial charge in [0, 0.05) is 5.69 Å². The summed E-state index contributed by atoms with van der Waals surface area (Å²) < 4.78 is 0. The number of anilines is 1. The molecule has 1 aromatic carbocycles. The van der Waals surface area contributed by atoms with Crippen molar-refractivity contribution in [2.75, 3.05) is 18.4 Å². The quantitative estimate of drug-likeness (QED) is 0.730. The Morgan fingerprint density at radius 1 is 1.33 bits per heavy atom. The van der Waals surface area contributed by atoms with Crippen LogP contribution in [0.5, 0.6) is 5.75 Å². The average molecular weight is 289 g/mol. The second kappa shape index (κ2) is 5.78. The van der Waals surface area contributed by atoms with Gasteiger partial charge < -0.3 is 15.7 Å². The molecule has 2 rings (SSSR count). The van der Waals surface area contributed by atoms with Crippen molar-refractivity contribution in [3.05, 3.63) is 22.2 Å². The summed E-state index contributed by atoms with van der Waals surface area (Å²) in [6.45, 7) is 1.14. The Hall–Kier alpha value is -0.970. The third-order valence-electron chi connectivity index (χ3n) is 2.72. The van der Waals surface area contributed by atoms with E-state index in [9.17, 15) is 9.90 Å². The third-order valence-corrected chi connectivity index (χ3v) is 3.29. The number of phenols is 1. The molecule has 0 unspecified atom stereocenters. The van der Waals surface area contributed by atoms with Gasteiger partial charge >= 0.3 is 0 Å². The number of carbonyl (C=O) groups is 1. The van der Waals surface area contributed by atoms with Gasteiger partial charge in [0.1, 0.15) is 0 Å². The molecule has 1 amide bonds. The van der Waals surface area contributed by atoms with E-state index in [4.69, 9.17) is 23.2 Å². The lowest BCUT2D eigenvalue weighted by Gasteiger charge is -2.08. The van der Waals surface area contributed by atoms with Crippen molar-refractivity contribution in [1.29, 1.82) is 0 Å². The van der Waals surface area contributed by atoms with E-state index in [0.717, 1.165) is 12.5 Å². The zero-order valence-electron chi connectivity index (χ0n) is 9.67. The van der Waals surface area contributed by atoms with Crippen LogP contribution in [0.1, 0.15) is 12.8 Å². The van der Waals surface area contributed by atoms with Crippen LogP contribution in [-0.2, 0) is 4.79 Å². The minimum atomic E-state index is -0.178. The maximum Gasteiger partial charge on any atom is 0.238 e. The summed E-state index contributed by atoms with van der Waals surface area (Å²) in [5.74, 6) is 0.395. The van der Waals surface area contributed by atoms with E-state index in [-0.39, 0.29) is 28.2 Å². The molecular formula is C12H14Cl2N2O2. The summed E-state index contributed by atoms with van der Waals surface area (Å²) in [6.07, 6.45) is 2.50. The number of benzene rings is 1. The lowest BCUT2D eigenvalue weighted by molar-refractivity contribution is -0.115. The number of rotatable bonds is 5. The molecule has 3 N–H and O–H groups in total. The summed E-state index contributed by atoms with van der Waals surface area (Å²) >= 11 is 11.5. The number of nitrogens with one attached hydrogen (secondary N) is 2. The number of phenolic OH excluding ortho intramolecular Hbond substituents is 1. The van der Waals surface area contributed by atoms with Crippen LogP contribution in [0.4, 0.5) is 5.69 Å². The van der Waals surface area contributed by atoms with Crippen LogP contribution < -0.4 is 10.6 Å². The molecular weight excluding hydrogens is 275 g/mol. The number of aromatic hydroxyl groups is 1. The van der Waals surface area contributed by atoms with Crippen molar-refractivity contribution in [1.82, 2.24) is 5.32 Å². The lowest BCUT2D eigenvalue weighted by atomic mass is 10.3. The Bertz CT molecular complexity index is 438.